The Hall–Kier alpha value is -2.59. The van der Waals surface area contributed by atoms with Gasteiger partial charge in [-0.05, 0) is 13.3 Å². The van der Waals surface area contributed by atoms with Crippen molar-refractivity contribution in [1.82, 2.24) is 25.2 Å². The Kier molecular flexibility index (Phi) is 4.57. The van der Waals surface area contributed by atoms with E-state index in [1.54, 1.807) is 13.1 Å². The van der Waals surface area contributed by atoms with Gasteiger partial charge < -0.3 is 9.84 Å². The number of nitrogens with zero attached hydrogens (tertiary/aromatic N) is 4. The average molecular weight is 332 g/mol. The van der Waals surface area contributed by atoms with Crippen LogP contribution in [0.25, 0.3) is 0 Å². The standard InChI is InChI=1S/C12H15F3N6O2/c1-4-7-5-8(21(3)19-7)17-11(22)16-6(2)9-18-10(20-23-9)12(13,14)15/h5-6H,4H2,1-3H3,(H2,16,17,22)/t6-/m1/s1. The lowest BCUT2D eigenvalue weighted by molar-refractivity contribution is -0.146. The molecule has 126 valence electrons. The summed E-state index contributed by atoms with van der Waals surface area (Å²) in [6.07, 6.45) is -4.00. The van der Waals surface area contributed by atoms with E-state index in [4.69, 9.17) is 0 Å². The van der Waals surface area contributed by atoms with Crippen molar-refractivity contribution in [3.8, 4) is 0 Å². The Balaban J connectivity index is 1.99. The Morgan fingerprint density at radius 2 is 2.17 bits per heavy atom. The molecule has 0 spiro atoms. The minimum Gasteiger partial charge on any atom is -0.337 e. The minimum atomic E-state index is -4.70. The van der Waals surface area contributed by atoms with Crippen LogP contribution in [0.3, 0.4) is 0 Å². The van der Waals surface area contributed by atoms with Gasteiger partial charge in [0.25, 0.3) is 5.82 Å². The van der Waals surface area contributed by atoms with Gasteiger partial charge in [-0.2, -0.15) is 23.3 Å². The molecule has 0 saturated carbocycles. The quantitative estimate of drug-likeness (QED) is 0.895. The van der Waals surface area contributed by atoms with Crippen LogP contribution < -0.4 is 10.6 Å². The predicted octanol–water partition coefficient (Wildman–Crippen LogP) is 2.27. The molecule has 1 atom stereocenters. The van der Waals surface area contributed by atoms with E-state index in [2.05, 4.69) is 30.4 Å². The lowest BCUT2D eigenvalue weighted by Crippen LogP contribution is -2.32. The zero-order valence-corrected chi connectivity index (χ0v) is 12.6. The molecule has 0 bridgehead atoms. The lowest BCUT2D eigenvalue weighted by Gasteiger charge is -2.10. The summed E-state index contributed by atoms with van der Waals surface area (Å²) in [6.45, 7) is 3.34. The van der Waals surface area contributed by atoms with E-state index in [0.717, 1.165) is 5.69 Å². The molecule has 23 heavy (non-hydrogen) atoms. The maximum Gasteiger partial charge on any atom is 0.455 e. The molecule has 0 unspecified atom stereocenters. The van der Waals surface area contributed by atoms with E-state index in [1.165, 1.54) is 11.6 Å². The summed E-state index contributed by atoms with van der Waals surface area (Å²) in [4.78, 5) is 15.1. The highest BCUT2D eigenvalue weighted by Crippen LogP contribution is 2.27. The van der Waals surface area contributed by atoms with E-state index < -0.39 is 24.1 Å². The molecule has 0 aliphatic heterocycles. The van der Waals surface area contributed by atoms with Crippen LogP contribution in [0.15, 0.2) is 10.6 Å². The Morgan fingerprint density at radius 1 is 1.48 bits per heavy atom. The molecule has 2 N–H and O–H groups in total. The third-order valence-corrected chi connectivity index (χ3v) is 2.95. The molecular formula is C12H15F3N6O2. The molecule has 2 heterocycles. The van der Waals surface area contributed by atoms with Gasteiger partial charge in [0, 0.05) is 13.1 Å². The van der Waals surface area contributed by atoms with E-state index in [9.17, 15) is 18.0 Å². The van der Waals surface area contributed by atoms with Gasteiger partial charge in [0.15, 0.2) is 0 Å². The molecule has 2 aromatic rings. The van der Waals surface area contributed by atoms with Crippen LogP contribution in [-0.2, 0) is 19.6 Å². The number of urea groups is 1. The highest BCUT2D eigenvalue weighted by molar-refractivity contribution is 5.88. The summed E-state index contributed by atoms with van der Waals surface area (Å²) >= 11 is 0. The SMILES string of the molecule is CCc1cc(NC(=O)N[C@H](C)c2nc(C(F)(F)F)no2)n(C)n1. The molecule has 0 aliphatic carbocycles. The molecule has 0 aliphatic rings. The zero-order chi connectivity index (χ0) is 17.2. The number of halogens is 3. The van der Waals surface area contributed by atoms with Crippen molar-refractivity contribution in [2.24, 2.45) is 7.05 Å². The summed E-state index contributed by atoms with van der Waals surface area (Å²) < 4.78 is 43.2. The number of nitrogens with one attached hydrogen (secondary N) is 2. The first kappa shape index (κ1) is 16.8. The normalized spacial score (nSPS) is 13.0. The van der Waals surface area contributed by atoms with Crippen LogP contribution in [-0.4, -0.2) is 26.0 Å². The van der Waals surface area contributed by atoms with Crippen molar-refractivity contribution in [3.63, 3.8) is 0 Å². The number of aromatic nitrogens is 4. The van der Waals surface area contributed by atoms with Crippen molar-refractivity contribution in [3.05, 3.63) is 23.5 Å². The van der Waals surface area contributed by atoms with Crippen molar-refractivity contribution >= 4 is 11.8 Å². The lowest BCUT2D eigenvalue weighted by atomic mass is 10.3. The van der Waals surface area contributed by atoms with Crippen molar-refractivity contribution in [1.29, 1.82) is 0 Å². The van der Waals surface area contributed by atoms with Crippen molar-refractivity contribution < 1.29 is 22.5 Å². The summed E-state index contributed by atoms with van der Waals surface area (Å²) in [5.41, 5.74) is 0.794. The fraction of sp³-hybridized carbons (Fsp3) is 0.500. The van der Waals surface area contributed by atoms with Gasteiger partial charge in [-0.15, -0.1) is 0 Å². The molecule has 0 saturated heterocycles. The first-order valence-electron chi connectivity index (χ1n) is 6.72. The van der Waals surface area contributed by atoms with Crippen LogP contribution in [0.4, 0.5) is 23.8 Å². The summed E-state index contributed by atoms with van der Waals surface area (Å²) in [6, 6.07) is 0.172. The molecular weight excluding hydrogens is 317 g/mol. The van der Waals surface area contributed by atoms with Gasteiger partial charge in [-0.25, -0.2) is 4.79 Å². The van der Waals surface area contributed by atoms with Crippen molar-refractivity contribution in [2.45, 2.75) is 32.5 Å². The molecule has 2 amide bonds. The molecule has 0 fully saturated rings. The van der Waals surface area contributed by atoms with Gasteiger partial charge in [0.1, 0.15) is 11.9 Å². The number of hydrogen-bond acceptors (Lipinski definition) is 5. The van der Waals surface area contributed by atoms with Gasteiger partial charge in [0.05, 0.1) is 5.69 Å². The summed E-state index contributed by atoms with van der Waals surface area (Å²) in [5, 5.41) is 11.9. The number of rotatable bonds is 4. The second-order valence-corrected chi connectivity index (χ2v) is 4.77. The second kappa shape index (κ2) is 6.26. The summed E-state index contributed by atoms with van der Waals surface area (Å²) in [5.74, 6) is -1.28. The molecule has 2 aromatic heterocycles. The summed E-state index contributed by atoms with van der Waals surface area (Å²) in [7, 11) is 1.66. The maximum absolute atomic E-state index is 12.4. The monoisotopic (exact) mass is 332 g/mol. The van der Waals surface area contributed by atoms with Crippen LogP contribution in [0, 0.1) is 0 Å². The van der Waals surface area contributed by atoms with Crippen molar-refractivity contribution in [2.75, 3.05) is 5.32 Å². The largest absolute Gasteiger partial charge is 0.455 e. The number of anilines is 1. The van der Waals surface area contributed by atoms with Gasteiger partial charge in [-0.3, -0.25) is 10.00 Å². The van der Waals surface area contributed by atoms with Gasteiger partial charge >= 0.3 is 12.2 Å². The predicted molar refractivity (Wildman–Crippen MR) is 72.5 cm³/mol. The number of alkyl halides is 3. The first-order chi connectivity index (χ1) is 10.7. The number of carbonyl (C=O) groups excluding carboxylic acids is 1. The van der Waals surface area contributed by atoms with Crippen LogP contribution >= 0.6 is 0 Å². The molecule has 11 heteroatoms. The average Bonchev–Trinajstić information content (AvgIpc) is 3.06. The number of amides is 2. The topological polar surface area (TPSA) is 97.9 Å². The van der Waals surface area contributed by atoms with E-state index in [-0.39, 0.29) is 5.89 Å². The molecule has 0 aromatic carbocycles. The molecule has 8 nitrogen and oxygen atoms in total. The van der Waals surface area contributed by atoms with E-state index in [0.29, 0.717) is 12.2 Å². The van der Waals surface area contributed by atoms with Gasteiger partial charge in [0.2, 0.25) is 5.89 Å². The molecule has 2 rings (SSSR count). The van der Waals surface area contributed by atoms with Crippen LogP contribution in [0.2, 0.25) is 0 Å². The van der Waals surface area contributed by atoms with Crippen LogP contribution in [0.1, 0.15) is 37.3 Å². The smallest absolute Gasteiger partial charge is 0.337 e. The fourth-order valence-corrected chi connectivity index (χ4v) is 1.75. The Morgan fingerprint density at radius 3 is 2.70 bits per heavy atom. The van der Waals surface area contributed by atoms with E-state index in [1.807, 2.05) is 6.92 Å². The maximum atomic E-state index is 12.4. The second-order valence-electron chi connectivity index (χ2n) is 4.77. The first-order valence-corrected chi connectivity index (χ1v) is 6.72. The Bertz CT molecular complexity index is 693. The third-order valence-electron chi connectivity index (χ3n) is 2.95. The molecule has 0 radical (unpaired) electrons. The minimum absolute atomic E-state index is 0.341. The number of aryl methyl sites for hydroxylation is 2. The highest BCUT2D eigenvalue weighted by Gasteiger charge is 2.37. The third kappa shape index (κ3) is 3.99. The fourth-order valence-electron chi connectivity index (χ4n) is 1.75. The van der Waals surface area contributed by atoms with Crippen LogP contribution in [0.5, 0.6) is 0 Å². The Labute approximate surface area is 129 Å². The van der Waals surface area contributed by atoms with E-state index >= 15 is 0 Å². The highest BCUT2D eigenvalue weighted by atomic mass is 19.4. The number of carbonyl (C=O) groups is 1. The van der Waals surface area contributed by atoms with Gasteiger partial charge in [-0.1, -0.05) is 12.1 Å². The zero-order valence-electron chi connectivity index (χ0n) is 12.6. The number of hydrogen-bond donors (Lipinski definition) is 2.